The molecule has 0 saturated carbocycles. The van der Waals surface area contributed by atoms with Crippen LogP contribution in [0, 0.1) is 27.7 Å². The van der Waals surface area contributed by atoms with Gasteiger partial charge in [-0.2, -0.15) is 5.10 Å². The van der Waals surface area contributed by atoms with E-state index in [4.69, 9.17) is 0 Å². The van der Waals surface area contributed by atoms with Crippen LogP contribution in [-0.2, 0) is 9.84 Å². The molecule has 1 fully saturated rings. The van der Waals surface area contributed by atoms with Gasteiger partial charge in [0, 0.05) is 16.8 Å². The second-order valence-electron chi connectivity index (χ2n) is 7.08. The van der Waals surface area contributed by atoms with Crippen LogP contribution in [0.5, 0.6) is 0 Å². The number of aromatic nitrogens is 2. The minimum Gasteiger partial charge on any atom is -0.289 e. The van der Waals surface area contributed by atoms with Crippen molar-refractivity contribution in [1.82, 2.24) is 9.78 Å². The molecule has 1 aliphatic heterocycles. The molecule has 1 atom stereocenters. The van der Waals surface area contributed by atoms with Crippen molar-refractivity contribution in [3.05, 3.63) is 57.9 Å². The Labute approximate surface area is 154 Å². The van der Waals surface area contributed by atoms with Gasteiger partial charge in [-0.3, -0.25) is 9.48 Å². The first-order valence-electron chi connectivity index (χ1n) is 8.74. The Hall–Kier alpha value is -2.21. The van der Waals surface area contributed by atoms with Gasteiger partial charge in [0.05, 0.1) is 23.2 Å². The normalized spacial score (nSPS) is 19.3. The first kappa shape index (κ1) is 18.6. The SMILES string of the molecule is Cc1ccc(C(=O)C=Cc2c(C)nn(C3CCS(=O)(=O)C3)c2C)cc1C. The van der Waals surface area contributed by atoms with E-state index in [0.717, 1.165) is 28.1 Å². The van der Waals surface area contributed by atoms with Gasteiger partial charge in [-0.1, -0.05) is 12.1 Å². The minimum atomic E-state index is -2.97. The zero-order chi connectivity index (χ0) is 19.1. The van der Waals surface area contributed by atoms with Crippen LogP contribution >= 0.6 is 0 Å². The number of aryl methyl sites for hydroxylation is 3. The number of nitrogens with zero attached hydrogens (tertiary/aromatic N) is 2. The molecule has 0 N–H and O–H groups in total. The van der Waals surface area contributed by atoms with Crippen LogP contribution in [-0.4, -0.2) is 35.5 Å². The molecule has 6 heteroatoms. The summed E-state index contributed by atoms with van der Waals surface area (Å²) in [7, 11) is -2.97. The van der Waals surface area contributed by atoms with Crippen molar-refractivity contribution in [3.63, 3.8) is 0 Å². The maximum atomic E-state index is 12.5. The molecule has 2 heterocycles. The first-order valence-corrected chi connectivity index (χ1v) is 10.6. The first-order chi connectivity index (χ1) is 12.2. The van der Waals surface area contributed by atoms with Gasteiger partial charge < -0.3 is 0 Å². The van der Waals surface area contributed by atoms with E-state index in [0.29, 0.717) is 12.0 Å². The van der Waals surface area contributed by atoms with Crippen molar-refractivity contribution >= 4 is 21.7 Å². The summed E-state index contributed by atoms with van der Waals surface area (Å²) < 4.78 is 25.3. The molecule has 5 nitrogen and oxygen atoms in total. The highest BCUT2D eigenvalue weighted by Gasteiger charge is 2.31. The van der Waals surface area contributed by atoms with Gasteiger partial charge in [-0.15, -0.1) is 0 Å². The summed E-state index contributed by atoms with van der Waals surface area (Å²) in [4.78, 5) is 12.5. The molecule has 0 spiro atoms. The van der Waals surface area contributed by atoms with Gasteiger partial charge in [0.2, 0.25) is 0 Å². The molecule has 26 heavy (non-hydrogen) atoms. The number of allylic oxidation sites excluding steroid dienone is 1. The molecule has 3 rings (SSSR count). The molecular weight excluding hydrogens is 348 g/mol. The Morgan fingerprint density at radius 2 is 1.92 bits per heavy atom. The highest BCUT2D eigenvalue weighted by atomic mass is 32.2. The van der Waals surface area contributed by atoms with Crippen molar-refractivity contribution in [3.8, 4) is 0 Å². The summed E-state index contributed by atoms with van der Waals surface area (Å²) in [6.45, 7) is 7.81. The maximum absolute atomic E-state index is 12.5. The highest BCUT2D eigenvalue weighted by Crippen LogP contribution is 2.27. The van der Waals surface area contributed by atoms with Gasteiger partial charge >= 0.3 is 0 Å². The lowest BCUT2D eigenvalue weighted by Gasteiger charge is -2.10. The molecule has 138 valence electrons. The average Bonchev–Trinajstić information content (AvgIpc) is 3.07. The third-order valence-corrected chi connectivity index (χ3v) is 6.88. The molecule has 0 radical (unpaired) electrons. The highest BCUT2D eigenvalue weighted by molar-refractivity contribution is 7.91. The summed E-state index contributed by atoms with van der Waals surface area (Å²) >= 11 is 0. The van der Waals surface area contributed by atoms with Crippen LogP contribution in [0.25, 0.3) is 6.08 Å². The fourth-order valence-electron chi connectivity index (χ4n) is 3.39. The molecule has 1 saturated heterocycles. The molecule has 0 bridgehead atoms. The quantitative estimate of drug-likeness (QED) is 0.609. The number of ketones is 1. The van der Waals surface area contributed by atoms with E-state index in [2.05, 4.69) is 5.10 Å². The zero-order valence-electron chi connectivity index (χ0n) is 15.6. The monoisotopic (exact) mass is 372 g/mol. The van der Waals surface area contributed by atoms with Crippen LogP contribution in [0.15, 0.2) is 24.3 Å². The molecular formula is C20H24N2O3S. The number of benzene rings is 1. The molecule has 0 aliphatic carbocycles. The van der Waals surface area contributed by atoms with E-state index in [1.165, 1.54) is 0 Å². The second kappa shape index (κ2) is 6.83. The molecule has 0 amide bonds. The van der Waals surface area contributed by atoms with E-state index in [1.54, 1.807) is 16.8 Å². The maximum Gasteiger partial charge on any atom is 0.185 e. The number of hydrogen-bond acceptors (Lipinski definition) is 4. The fraction of sp³-hybridized carbons (Fsp3) is 0.400. The summed E-state index contributed by atoms with van der Waals surface area (Å²) in [5.41, 5.74) is 5.49. The summed E-state index contributed by atoms with van der Waals surface area (Å²) in [5.74, 6) is 0.301. The largest absolute Gasteiger partial charge is 0.289 e. The lowest BCUT2D eigenvalue weighted by molar-refractivity contribution is 0.104. The standard InChI is InChI=1S/C20H24N2O3S/c1-13-5-6-17(11-14(13)2)20(23)8-7-19-15(3)21-22(16(19)4)18-9-10-26(24,25)12-18/h5-8,11,18H,9-10,12H2,1-4H3. The number of carbonyl (C=O) groups excluding carboxylic acids is 1. The van der Waals surface area contributed by atoms with E-state index < -0.39 is 9.84 Å². The lowest BCUT2D eigenvalue weighted by atomic mass is 10.0. The molecule has 1 aromatic heterocycles. The van der Waals surface area contributed by atoms with Gasteiger partial charge in [-0.25, -0.2) is 8.42 Å². The van der Waals surface area contributed by atoms with Gasteiger partial charge in [0.25, 0.3) is 0 Å². The summed E-state index contributed by atoms with van der Waals surface area (Å²) in [5, 5.41) is 4.52. The zero-order valence-corrected chi connectivity index (χ0v) is 16.4. The average molecular weight is 372 g/mol. The van der Waals surface area contributed by atoms with E-state index in [-0.39, 0.29) is 23.3 Å². The van der Waals surface area contributed by atoms with Gasteiger partial charge in [0.15, 0.2) is 15.6 Å². The predicted octanol–water partition coefficient (Wildman–Crippen LogP) is 3.37. The number of rotatable bonds is 4. The molecule has 2 aromatic rings. The molecule has 1 aliphatic rings. The number of hydrogen-bond donors (Lipinski definition) is 0. The third kappa shape index (κ3) is 3.65. The van der Waals surface area contributed by atoms with Crippen LogP contribution in [0.3, 0.4) is 0 Å². The second-order valence-corrected chi connectivity index (χ2v) is 9.31. The lowest BCUT2D eigenvalue weighted by Crippen LogP contribution is -2.13. The van der Waals surface area contributed by atoms with Crippen LogP contribution in [0.2, 0.25) is 0 Å². The summed E-state index contributed by atoms with van der Waals surface area (Å²) in [6, 6.07) is 5.57. The van der Waals surface area contributed by atoms with Crippen molar-refractivity contribution in [2.45, 2.75) is 40.2 Å². The van der Waals surface area contributed by atoms with Gasteiger partial charge in [-0.05, 0) is 63.5 Å². The van der Waals surface area contributed by atoms with Crippen LogP contribution in [0.4, 0.5) is 0 Å². The number of sulfone groups is 1. The van der Waals surface area contributed by atoms with Crippen LogP contribution in [0.1, 0.15) is 50.9 Å². The Morgan fingerprint density at radius 1 is 1.19 bits per heavy atom. The molecule has 1 unspecified atom stereocenters. The van der Waals surface area contributed by atoms with E-state index in [9.17, 15) is 13.2 Å². The Morgan fingerprint density at radius 3 is 2.54 bits per heavy atom. The predicted molar refractivity (Wildman–Crippen MR) is 103 cm³/mol. The van der Waals surface area contributed by atoms with E-state index >= 15 is 0 Å². The Kier molecular flexibility index (Phi) is 4.88. The topological polar surface area (TPSA) is 69.0 Å². The summed E-state index contributed by atoms with van der Waals surface area (Å²) in [6.07, 6.45) is 3.95. The Bertz CT molecular complexity index is 1000. The molecule has 1 aromatic carbocycles. The fourth-order valence-corrected chi connectivity index (χ4v) is 5.08. The van der Waals surface area contributed by atoms with Crippen LogP contribution < -0.4 is 0 Å². The minimum absolute atomic E-state index is 0.0527. The third-order valence-electron chi connectivity index (χ3n) is 5.13. The van der Waals surface area contributed by atoms with Crippen molar-refractivity contribution in [1.29, 1.82) is 0 Å². The van der Waals surface area contributed by atoms with Crippen molar-refractivity contribution in [2.24, 2.45) is 0 Å². The van der Waals surface area contributed by atoms with Crippen molar-refractivity contribution < 1.29 is 13.2 Å². The van der Waals surface area contributed by atoms with E-state index in [1.807, 2.05) is 45.9 Å². The Balaban J connectivity index is 1.85. The van der Waals surface area contributed by atoms with Crippen molar-refractivity contribution in [2.75, 3.05) is 11.5 Å². The number of carbonyl (C=O) groups is 1. The smallest absolute Gasteiger partial charge is 0.185 e. The van der Waals surface area contributed by atoms with Gasteiger partial charge in [0.1, 0.15) is 0 Å².